The molecule has 0 radical (unpaired) electrons. The maximum atomic E-state index is 11.5. The second kappa shape index (κ2) is 20.2. The summed E-state index contributed by atoms with van der Waals surface area (Å²) < 4.78 is 6.00. The van der Waals surface area contributed by atoms with Crippen LogP contribution in [0, 0.1) is 11.3 Å². The molecule has 2 aliphatic rings. The first kappa shape index (κ1) is 46.9. The van der Waals surface area contributed by atoms with E-state index in [-0.39, 0.29) is 16.4 Å². The van der Waals surface area contributed by atoms with E-state index in [0.29, 0.717) is 4.88 Å². The summed E-state index contributed by atoms with van der Waals surface area (Å²) in [5.41, 5.74) is 15.5. The summed E-state index contributed by atoms with van der Waals surface area (Å²) in [5.74, 6) is -0.446. The zero-order chi connectivity index (χ0) is 47.4. The molecule has 0 saturated carbocycles. The van der Waals surface area contributed by atoms with Crippen LogP contribution in [-0.2, 0) is 15.6 Å². The van der Waals surface area contributed by atoms with Crippen molar-refractivity contribution in [3.63, 3.8) is 0 Å². The van der Waals surface area contributed by atoms with Gasteiger partial charge >= 0.3 is 5.97 Å². The zero-order valence-corrected chi connectivity index (χ0v) is 41.8. The van der Waals surface area contributed by atoms with Crippen molar-refractivity contribution >= 4 is 51.8 Å². The van der Waals surface area contributed by atoms with E-state index in [1.54, 1.807) is 24.5 Å². The average molecular weight is 935 g/mol. The second-order valence-corrected chi connectivity index (χ2v) is 20.9. The SMILES string of the molecule is CCCCC1(CCCC)c2ccccc2-c2ccc(N(c3ccc(-c4sc(-c5ccc(C=C(C#N)C(=O)O)s5)cc4OC)cc3)c3ccc4c(c3)C(CCCC)(CCCC)c3ccccc3-4)cc21. The molecule has 1 N–H and O–H groups in total. The summed E-state index contributed by atoms with van der Waals surface area (Å²) in [4.78, 5) is 17.8. The van der Waals surface area contributed by atoms with Gasteiger partial charge < -0.3 is 14.7 Å². The van der Waals surface area contributed by atoms with Crippen molar-refractivity contribution in [2.75, 3.05) is 12.0 Å². The van der Waals surface area contributed by atoms with Crippen LogP contribution in [0.5, 0.6) is 5.75 Å². The first-order valence-electron chi connectivity index (χ1n) is 24.8. The van der Waals surface area contributed by atoms with Gasteiger partial charge in [-0.15, -0.1) is 22.7 Å². The van der Waals surface area contributed by atoms with Crippen molar-refractivity contribution in [1.82, 2.24) is 0 Å². The average Bonchev–Trinajstić information content (AvgIpc) is 4.15. The number of methoxy groups -OCH3 is 1. The van der Waals surface area contributed by atoms with Gasteiger partial charge in [0.05, 0.1) is 12.0 Å². The molecule has 346 valence electrons. The van der Waals surface area contributed by atoms with Crippen LogP contribution in [0.25, 0.3) is 48.5 Å². The molecule has 2 aliphatic carbocycles. The Hall–Kier alpha value is -6.20. The van der Waals surface area contributed by atoms with E-state index in [9.17, 15) is 15.2 Å². The molecular formula is C61H62N2O3S2. The number of thiophene rings is 2. The minimum absolute atomic E-state index is 0.0418. The molecule has 7 aromatic rings. The first-order valence-corrected chi connectivity index (χ1v) is 26.4. The number of fused-ring (bicyclic) bond motifs is 6. The predicted molar refractivity (Wildman–Crippen MR) is 286 cm³/mol. The van der Waals surface area contributed by atoms with E-state index < -0.39 is 5.97 Å². The maximum absolute atomic E-state index is 11.5. The lowest BCUT2D eigenvalue weighted by molar-refractivity contribution is -0.132. The summed E-state index contributed by atoms with van der Waals surface area (Å²) in [5, 5.41) is 18.8. The van der Waals surface area contributed by atoms with Gasteiger partial charge in [0.1, 0.15) is 17.4 Å². The number of anilines is 3. The molecule has 0 bridgehead atoms. The number of carboxylic acid groups (broad SMARTS) is 1. The smallest absolute Gasteiger partial charge is 0.346 e. The third kappa shape index (κ3) is 8.41. The fourth-order valence-electron chi connectivity index (χ4n) is 11.3. The highest BCUT2D eigenvalue weighted by Gasteiger charge is 2.44. The van der Waals surface area contributed by atoms with Crippen molar-refractivity contribution < 1.29 is 14.6 Å². The lowest BCUT2D eigenvalue weighted by Gasteiger charge is -2.35. The van der Waals surface area contributed by atoms with Gasteiger partial charge in [0.2, 0.25) is 0 Å². The normalized spacial score (nSPS) is 13.9. The van der Waals surface area contributed by atoms with Gasteiger partial charge in [-0.05, 0) is 130 Å². The van der Waals surface area contributed by atoms with Crippen molar-refractivity contribution in [3.8, 4) is 54.3 Å². The van der Waals surface area contributed by atoms with Crippen LogP contribution < -0.4 is 9.64 Å². The van der Waals surface area contributed by atoms with Gasteiger partial charge in [0, 0.05) is 48.6 Å². The molecule has 5 nitrogen and oxygen atoms in total. The van der Waals surface area contributed by atoms with Gasteiger partial charge in [-0.2, -0.15) is 5.26 Å². The van der Waals surface area contributed by atoms with Gasteiger partial charge in [-0.25, -0.2) is 4.79 Å². The summed E-state index contributed by atoms with van der Waals surface area (Å²) in [6.45, 7) is 9.29. The highest BCUT2D eigenvalue weighted by atomic mass is 32.1. The van der Waals surface area contributed by atoms with E-state index in [0.717, 1.165) is 83.0 Å². The largest absolute Gasteiger partial charge is 0.495 e. The van der Waals surface area contributed by atoms with Crippen molar-refractivity contribution in [2.24, 2.45) is 0 Å². The third-order valence-corrected chi connectivity index (χ3v) is 17.1. The molecule has 5 aromatic carbocycles. The fourth-order valence-corrected chi connectivity index (χ4v) is 13.5. The third-order valence-electron chi connectivity index (χ3n) is 14.7. The van der Waals surface area contributed by atoms with Crippen LogP contribution in [0.4, 0.5) is 17.1 Å². The molecule has 0 saturated heterocycles. The number of carbonyl (C=O) groups is 1. The Balaban J connectivity index is 1.19. The van der Waals surface area contributed by atoms with Gasteiger partial charge in [-0.1, -0.05) is 152 Å². The number of ether oxygens (including phenoxy) is 1. The summed E-state index contributed by atoms with van der Waals surface area (Å²) in [6, 6.07) is 49.7. The lowest BCUT2D eigenvalue weighted by Crippen LogP contribution is -2.26. The van der Waals surface area contributed by atoms with Crippen molar-refractivity contribution in [2.45, 2.75) is 116 Å². The molecule has 9 rings (SSSR count). The Kier molecular flexibility index (Phi) is 13.9. The second-order valence-electron chi connectivity index (χ2n) is 18.7. The Morgan fingerprint density at radius 2 is 1.09 bits per heavy atom. The molecular weight excluding hydrogens is 873 g/mol. The number of aliphatic carboxylic acids is 1. The van der Waals surface area contributed by atoms with E-state index in [2.05, 4.69) is 148 Å². The number of unbranched alkanes of at least 4 members (excludes halogenated alkanes) is 4. The van der Waals surface area contributed by atoms with Crippen LogP contribution in [0.3, 0.4) is 0 Å². The number of rotatable bonds is 20. The standard InChI is InChI=1S/C61H62N2O3S2/c1-6-10-32-60(33-11-7-2)51-20-16-14-18-47(51)49-29-26-44(37-53(49)60)63(45-27-30-50-48-19-15-17-21-52(48)61(34-12-8-3,35-13-9-4)54(50)38-45)43-24-22-41(23-25-43)58-55(66-5)39-57(68-58)56-31-28-46(67-56)36-42(40-62)59(64)65/h14-31,36-39H,6-13,32-35H2,1-5H3,(H,64,65). The maximum Gasteiger partial charge on any atom is 0.346 e. The predicted octanol–water partition coefficient (Wildman–Crippen LogP) is 17.9. The van der Waals surface area contributed by atoms with Gasteiger partial charge in [0.25, 0.3) is 0 Å². The molecule has 0 spiro atoms. The topological polar surface area (TPSA) is 73.6 Å². The van der Waals surface area contributed by atoms with Crippen LogP contribution >= 0.6 is 22.7 Å². The molecule has 0 fully saturated rings. The highest BCUT2D eigenvalue weighted by molar-refractivity contribution is 7.24. The van der Waals surface area contributed by atoms with Crippen molar-refractivity contribution in [1.29, 1.82) is 5.26 Å². The van der Waals surface area contributed by atoms with Crippen LogP contribution in [-0.4, -0.2) is 18.2 Å². The van der Waals surface area contributed by atoms with Crippen LogP contribution in [0.1, 0.15) is 132 Å². The minimum Gasteiger partial charge on any atom is -0.495 e. The minimum atomic E-state index is -1.23. The Morgan fingerprint density at radius 3 is 1.56 bits per heavy atom. The Bertz CT molecular complexity index is 2880. The Morgan fingerprint density at radius 1 is 0.603 bits per heavy atom. The van der Waals surface area contributed by atoms with Crippen LogP contribution in [0.15, 0.2) is 133 Å². The quantitative estimate of drug-likeness (QED) is 0.0609. The fraction of sp³-hybridized carbons (Fsp3) is 0.311. The number of carboxylic acids is 1. The molecule has 0 atom stereocenters. The molecule has 68 heavy (non-hydrogen) atoms. The first-order chi connectivity index (χ1) is 33.2. The van der Waals surface area contributed by atoms with Gasteiger partial charge in [0.15, 0.2) is 0 Å². The molecule has 0 aliphatic heterocycles. The van der Waals surface area contributed by atoms with E-state index in [4.69, 9.17) is 4.74 Å². The highest BCUT2D eigenvalue weighted by Crippen LogP contribution is 2.58. The van der Waals surface area contributed by atoms with Crippen LogP contribution in [0.2, 0.25) is 0 Å². The lowest BCUT2D eigenvalue weighted by atomic mass is 9.70. The number of nitriles is 1. The number of nitrogens with zero attached hydrogens (tertiary/aromatic N) is 2. The molecule has 2 heterocycles. The zero-order valence-electron chi connectivity index (χ0n) is 40.2. The number of benzene rings is 5. The van der Waals surface area contributed by atoms with E-state index in [1.165, 1.54) is 99.0 Å². The molecule has 7 heteroatoms. The summed E-state index contributed by atoms with van der Waals surface area (Å²) in [6.07, 6.45) is 15.4. The number of hydrogen-bond donors (Lipinski definition) is 1. The summed E-state index contributed by atoms with van der Waals surface area (Å²) in [7, 11) is 1.71. The molecule has 2 aromatic heterocycles. The number of hydrogen-bond acceptors (Lipinski definition) is 6. The van der Waals surface area contributed by atoms with E-state index >= 15 is 0 Å². The molecule has 0 amide bonds. The van der Waals surface area contributed by atoms with E-state index in [1.807, 2.05) is 12.1 Å². The van der Waals surface area contributed by atoms with Crippen molar-refractivity contribution in [3.05, 3.63) is 160 Å². The van der Waals surface area contributed by atoms with Gasteiger partial charge in [-0.3, -0.25) is 0 Å². The molecule has 0 unspecified atom stereocenters. The Labute approximate surface area is 411 Å². The monoisotopic (exact) mass is 934 g/mol. The summed E-state index contributed by atoms with van der Waals surface area (Å²) >= 11 is 3.11.